The standard InChI is InChI=1S/C17H26N2O2/c1-19(12-15-5-3-2-4-14(15)11-18)16-6-8-21-17(10-16)7-9-20-13-17/h2-5,16H,6-13,18H2,1H3. The van der Waals surface area contributed by atoms with E-state index in [0.717, 1.165) is 45.6 Å². The van der Waals surface area contributed by atoms with Gasteiger partial charge in [0.15, 0.2) is 0 Å². The third kappa shape index (κ3) is 3.29. The zero-order valence-corrected chi connectivity index (χ0v) is 12.9. The summed E-state index contributed by atoms with van der Waals surface area (Å²) in [4.78, 5) is 2.46. The van der Waals surface area contributed by atoms with Crippen molar-refractivity contribution >= 4 is 0 Å². The van der Waals surface area contributed by atoms with Crippen molar-refractivity contribution in [3.05, 3.63) is 35.4 Å². The Morgan fingerprint density at radius 1 is 1.29 bits per heavy atom. The number of hydrogen-bond donors (Lipinski definition) is 1. The molecule has 0 amide bonds. The number of rotatable bonds is 4. The minimum atomic E-state index is -0.0233. The van der Waals surface area contributed by atoms with Crippen molar-refractivity contribution < 1.29 is 9.47 Å². The molecular formula is C17H26N2O2. The first-order chi connectivity index (χ1) is 10.2. The first-order valence-corrected chi connectivity index (χ1v) is 7.91. The summed E-state index contributed by atoms with van der Waals surface area (Å²) in [5.74, 6) is 0. The second-order valence-corrected chi connectivity index (χ2v) is 6.37. The van der Waals surface area contributed by atoms with Gasteiger partial charge in [-0.15, -0.1) is 0 Å². The van der Waals surface area contributed by atoms with Crippen LogP contribution in [0.25, 0.3) is 0 Å². The van der Waals surface area contributed by atoms with Crippen LogP contribution in [0.3, 0.4) is 0 Å². The van der Waals surface area contributed by atoms with Crippen molar-refractivity contribution in [2.24, 2.45) is 5.73 Å². The van der Waals surface area contributed by atoms with E-state index in [1.54, 1.807) is 0 Å². The molecule has 0 bridgehead atoms. The predicted octanol–water partition coefficient (Wildman–Crippen LogP) is 1.92. The minimum Gasteiger partial charge on any atom is -0.378 e. The molecule has 0 radical (unpaired) electrons. The molecule has 21 heavy (non-hydrogen) atoms. The maximum atomic E-state index is 6.03. The van der Waals surface area contributed by atoms with Gasteiger partial charge >= 0.3 is 0 Å². The van der Waals surface area contributed by atoms with Gasteiger partial charge in [-0.1, -0.05) is 24.3 Å². The molecule has 2 N–H and O–H groups in total. The molecule has 1 spiro atoms. The largest absolute Gasteiger partial charge is 0.378 e. The number of hydrogen-bond acceptors (Lipinski definition) is 4. The molecule has 2 heterocycles. The fourth-order valence-corrected chi connectivity index (χ4v) is 3.55. The number of nitrogens with two attached hydrogens (primary N) is 1. The minimum absolute atomic E-state index is 0.0233. The van der Waals surface area contributed by atoms with Crippen molar-refractivity contribution in [1.29, 1.82) is 0 Å². The van der Waals surface area contributed by atoms with Crippen LogP contribution in [-0.2, 0) is 22.6 Å². The highest BCUT2D eigenvalue weighted by Crippen LogP contribution is 2.34. The van der Waals surface area contributed by atoms with Gasteiger partial charge in [-0.2, -0.15) is 0 Å². The maximum absolute atomic E-state index is 6.03. The SMILES string of the molecule is CN(Cc1ccccc1CN)C1CCOC2(CCOC2)C1. The Morgan fingerprint density at radius 3 is 2.81 bits per heavy atom. The number of benzene rings is 1. The molecule has 1 aromatic rings. The summed E-state index contributed by atoms with van der Waals surface area (Å²) in [6.07, 6.45) is 3.22. The predicted molar refractivity (Wildman–Crippen MR) is 82.9 cm³/mol. The average Bonchev–Trinajstić information content (AvgIpc) is 2.95. The molecule has 2 aliphatic heterocycles. The van der Waals surface area contributed by atoms with Crippen LogP contribution in [0, 0.1) is 0 Å². The molecule has 2 aliphatic rings. The molecule has 1 aromatic carbocycles. The second kappa shape index (κ2) is 6.44. The molecule has 4 nitrogen and oxygen atoms in total. The molecule has 4 heteroatoms. The summed E-state index contributed by atoms with van der Waals surface area (Å²) < 4.78 is 11.6. The summed E-state index contributed by atoms with van der Waals surface area (Å²) in [5, 5.41) is 0. The van der Waals surface area contributed by atoms with E-state index in [1.807, 2.05) is 0 Å². The molecule has 3 rings (SSSR count). The Labute approximate surface area is 127 Å². The highest BCUT2D eigenvalue weighted by atomic mass is 16.6. The van der Waals surface area contributed by atoms with Crippen molar-refractivity contribution in [2.45, 2.75) is 44.0 Å². The summed E-state index contributed by atoms with van der Waals surface area (Å²) in [7, 11) is 2.22. The van der Waals surface area contributed by atoms with Crippen molar-refractivity contribution in [3.8, 4) is 0 Å². The molecule has 2 saturated heterocycles. The Hall–Kier alpha value is -0.940. The zero-order valence-electron chi connectivity index (χ0n) is 12.9. The van der Waals surface area contributed by atoms with Crippen LogP contribution >= 0.6 is 0 Å². The van der Waals surface area contributed by atoms with Crippen molar-refractivity contribution in [3.63, 3.8) is 0 Å². The molecular weight excluding hydrogens is 264 g/mol. The Bertz CT molecular complexity index is 472. The van der Waals surface area contributed by atoms with Gasteiger partial charge in [0.2, 0.25) is 0 Å². The average molecular weight is 290 g/mol. The van der Waals surface area contributed by atoms with E-state index in [-0.39, 0.29) is 5.60 Å². The third-order valence-electron chi connectivity index (χ3n) is 4.92. The van der Waals surface area contributed by atoms with Gasteiger partial charge in [0.25, 0.3) is 0 Å². The lowest BCUT2D eigenvalue weighted by atomic mass is 9.89. The van der Waals surface area contributed by atoms with Crippen molar-refractivity contribution in [1.82, 2.24) is 4.90 Å². The van der Waals surface area contributed by atoms with Gasteiger partial charge < -0.3 is 15.2 Å². The Morgan fingerprint density at radius 2 is 2.10 bits per heavy atom. The van der Waals surface area contributed by atoms with Gasteiger partial charge in [-0.05, 0) is 31.0 Å². The van der Waals surface area contributed by atoms with Crippen LogP contribution in [0.2, 0.25) is 0 Å². The summed E-state index contributed by atoms with van der Waals surface area (Å²) in [6, 6.07) is 9.03. The van der Waals surface area contributed by atoms with E-state index in [4.69, 9.17) is 15.2 Å². The topological polar surface area (TPSA) is 47.7 Å². The summed E-state index contributed by atoms with van der Waals surface area (Å²) in [6.45, 7) is 4.00. The lowest BCUT2D eigenvalue weighted by Crippen LogP contribution is -2.47. The Kier molecular flexibility index (Phi) is 4.60. The van der Waals surface area contributed by atoms with Gasteiger partial charge in [-0.25, -0.2) is 0 Å². The van der Waals surface area contributed by atoms with Crippen molar-refractivity contribution in [2.75, 3.05) is 26.9 Å². The summed E-state index contributed by atoms with van der Waals surface area (Å²) in [5.41, 5.74) is 8.41. The fourth-order valence-electron chi connectivity index (χ4n) is 3.55. The van der Waals surface area contributed by atoms with Crippen LogP contribution in [-0.4, -0.2) is 43.4 Å². The lowest BCUT2D eigenvalue weighted by Gasteiger charge is -2.41. The van der Waals surface area contributed by atoms with Gasteiger partial charge in [0.1, 0.15) is 0 Å². The first kappa shape index (κ1) is 15.0. The van der Waals surface area contributed by atoms with Gasteiger partial charge in [0, 0.05) is 38.8 Å². The van der Waals surface area contributed by atoms with E-state index < -0.39 is 0 Å². The molecule has 0 aliphatic carbocycles. The fraction of sp³-hybridized carbons (Fsp3) is 0.647. The zero-order chi connectivity index (χ0) is 14.7. The molecule has 2 unspecified atom stereocenters. The lowest BCUT2D eigenvalue weighted by molar-refractivity contribution is -0.104. The van der Waals surface area contributed by atoms with E-state index in [2.05, 4.69) is 36.2 Å². The summed E-state index contributed by atoms with van der Waals surface area (Å²) >= 11 is 0. The molecule has 116 valence electrons. The first-order valence-electron chi connectivity index (χ1n) is 7.91. The quantitative estimate of drug-likeness (QED) is 0.920. The van der Waals surface area contributed by atoms with E-state index >= 15 is 0 Å². The van der Waals surface area contributed by atoms with E-state index in [0.29, 0.717) is 12.6 Å². The molecule has 2 fully saturated rings. The van der Waals surface area contributed by atoms with E-state index in [9.17, 15) is 0 Å². The maximum Gasteiger partial charge on any atom is 0.0951 e. The number of nitrogens with zero attached hydrogens (tertiary/aromatic N) is 1. The van der Waals surface area contributed by atoms with Crippen LogP contribution in [0.15, 0.2) is 24.3 Å². The highest BCUT2D eigenvalue weighted by molar-refractivity contribution is 5.26. The van der Waals surface area contributed by atoms with Crippen LogP contribution in [0.4, 0.5) is 0 Å². The number of ether oxygens (including phenoxy) is 2. The van der Waals surface area contributed by atoms with Gasteiger partial charge in [-0.3, -0.25) is 4.90 Å². The molecule has 0 aromatic heterocycles. The highest BCUT2D eigenvalue weighted by Gasteiger charge is 2.41. The van der Waals surface area contributed by atoms with Gasteiger partial charge in [0.05, 0.1) is 12.2 Å². The smallest absolute Gasteiger partial charge is 0.0951 e. The monoisotopic (exact) mass is 290 g/mol. The third-order valence-corrected chi connectivity index (χ3v) is 4.92. The normalized spacial score (nSPS) is 29.4. The van der Waals surface area contributed by atoms with E-state index in [1.165, 1.54) is 11.1 Å². The molecule has 0 saturated carbocycles. The van der Waals surface area contributed by atoms with Crippen LogP contribution in [0.5, 0.6) is 0 Å². The van der Waals surface area contributed by atoms with Crippen LogP contribution in [0.1, 0.15) is 30.4 Å². The Balaban J connectivity index is 1.66. The second-order valence-electron chi connectivity index (χ2n) is 6.37. The van der Waals surface area contributed by atoms with Crippen LogP contribution < -0.4 is 5.73 Å². The molecule has 2 atom stereocenters.